The molecule has 0 aromatic carbocycles. The first-order valence-electron chi connectivity index (χ1n) is 26.8. The fraction of sp³-hybridized carbons (Fsp3) is 0.754. The Hall–Kier alpha value is -3.60. The second-order valence-electron chi connectivity index (χ2n) is 21.4. The van der Waals surface area contributed by atoms with Gasteiger partial charge in [0.25, 0.3) is 11.7 Å². The van der Waals surface area contributed by atoms with Gasteiger partial charge in [0.1, 0.15) is 31.0 Å². The van der Waals surface area contributed by atoms with Crippen LogP contribution in [0.1, 0.15) is 139 Å². The Bertz CT molecular complexity index is 1990. The average molecular weight is 1030 g/mol. The number of amides is 1. The number of esters is 1. The maximum absolute atomic E-state index is 14.6. The van der Waals surface area contributed by atoms with Crippen molar-refractivity contribution >= 4 is 23.4 Å². The number of carbonyl (C=O) groups excluding carboxylic acids is 4. The number of piperidine rings is 1. The molecule has 3 aliphatic heterocycles. The van der Waals surface area contributed by atoms with Gasteiger partial charge >= 0.3 is 5.97 Å². The number of aliphatic hydroxyl groups excluding tert-OH is 2. The molecule has 0 spiro atoms. The summed E-state index contributed by atoms with van der Waals surface area (Å²) < 4.78 is 36.1. The zero-order valence-corrected chi connectivity index (χ0v) is 45.3. The van der Waals surface area contributed by atoms with Crippen LogP contribution in [0.5, 0.6) is 0 Å². The van der Waals surface area contributed by atoms with Crippen molar-refractivity contribution in [3.05, 3.63) is 47.6 Å². The molecule has 15 atom stereocenters. The number of carbonyl (C=O) groups is 4. The van der Waals surface area contributed by atoms with Gasteiger partial charge in [0, 0.05) is 57.8 Å². The van der Waals surface area contributed by atoms with Crippen molar-refractivity contribution in [1.82, 2.24) is 4.90 Å². The van der Waals surface area contributed by atoms with E-state index in [1.807, 2.05) is 58.1 Å². The summed E-state index contributed by atoms with van der Waals surface area (Å²) in [4.78, 5) is 58.5. The minimum atomic E-state index is -2.52. The SMILES string of the molecule is CCC#CCO[C@H]1CC2CC[C@@H](C)[C@@](O)(O2)C(=O)C(=O)N2CCCCC2C(=O)OC([C@H](C)C[C@@H]2CC[C@@H](OCCO)[C@H](OC)C2)CC(O)(O)[C@H](C)/C=C(\C)[C@@H](O)[C@@H](OC)C(=O)[C@H](C)C[C@H](C)/C=C/C=C/C=C/1C. The number of cyclic esters (lactones) is 1. The van der Waals surface area contributed by atoms with Crippen LogP contribution < -0.4 is 0 Å². The number of allylic oxidation sites excluding steroid dienone is 5. The Kier molecular flexibility index (Phi) is 25.1. The highest BCUT2D eigenvalue weighted by atomic mass is 16.6. The Morgan fingerprint density at radius 2 is 1.60 bits per heavy atom. The minimum absolute atomic E-state index is 0.0275. The predicted molar refractivity (Wildman–Crippen MR) is 275 cm³/mol. The normalized spacial score (nSPS) is 37.8. The van der Waals surface area contributed by atoms with E-state index < -0.39 is 95.9 Å². The summed E-state index contributed by atoms with van der Waals surface area (Å²) in [6, 6.07) is -1.22. The zero-order valence-electron chi connectivity index (χ0n) is 45.3. The standard InChI is InChI=1S/C57H89NO15/c1-11-12-18-28-70-47-34-44-24-22-41(7)57(67,73-44)53(62)54(63)58-26-17-16-21-45(58)55(64)72-49(38(4)32-43-23-25-46(71-29-27-59)48(33-43)68-9)35-56(65,66)42(8)31-40(6)51(61)52(69-10)50(60)39(5)30-36(2)19-14-13-15-20-37(47)3/h13-15,19-20,31,36,38-39,41-49,51-52,59,61,65-67H,11,16-17,21-30,32-35H2,1-10H3/b15-13+,19-14+,37-20+,40-31+/t36-,38-,39-,41-,42-,43+,44?,45?,46-,47+,48-,49?,51-,52+,57-/m1/s1. The molecule has 2 saturated heterocycles. The van der Waals surface area contributed by atoms with Gasteiger partial charge in [-0.15, -0.1) is 5.92 Å². The lowest BCUT2D eigenvalue weighted by molar-refractivity contribution is -0.266. The van der Waals surface area contributed by atoms with Crippen LogP contribution in [0.2, 0.25) is 0 Å². The molecule has 73 heavy (non-hydrogen) atoms. The number of methoxy groups -OCH3 is 2. The summed E-state index contributed by atoms with van der Waals surface area (Å²) in [6.07, 6.45) is 11.0. The van der Waals surface area contributed by atoms with Crippen molar-refractivity contribution in [2.45, 2.75) is 199 Å². The lowest BCUT2D eigenvalue weighted by atomic mass is 9.77. The molecule has 1 amide bonds. The van der Waals surface area contributed by atoms with Crippen LogP contribution in [0.3, 0.4) is 0 Å². The highest BCUT2D eigenvalue weighted by molar-refractivity contribution is 6.39. The van der Waals surface area contributed by atoms with Crippen LogP contribution in [-0.4, -0.2) is 155 Å². The Labute approximate surface area is 434 Å². The second-order valence-corrected chi connectivity index (χ2v) is 21.4. The summed E-state index contributed by atoms with van der Waals surface area (Å²) in [6.45, 7) is 14.5. The third kappa shape index (κ3) is 17.5. The summed E-state index contributed by atoms with van der Waals surface area (Å²) in [5, 5.41) is 56.9. The molecule has 0 aromatic heterocycles. The molecular formula is C57H89NO15. The van der Waals surface area contributed by atoms with Crippen molar-refractivity contribution in [1.29, 1.82) is 0 Å². The van der Waals surface area contributed by atoms with E-state index in [0.717, 1.165) is 16.9 Å². The fourth-order valence-electron chi connectivity index (χ4n) is 10.9. The van der Waals surface area contributed by atoms with E-state index in [9.17, 15) is 44.7 Å². The average Bonchev–Trinajstić information content (AvgIpc) is 3.36. The van der Waals surface area contributed by atoms with Gasteiger partial charge in [0.15, 0.2) is 11.6 Å². The number of hydrogen-bond acceptors (Lipinski definition) is 15. The first-order chi connectivity index (χ1) is 34.6. The van der Waals surface area contributed by atoms with Crippen LogP contribution in [-0.2, 0) is 47.6 Å². The molecule has 0 radical (unpaired) electrons. The van der Waals surface area contributed by atoms with Crippen molar-refractivity contribution in [2.24, 2.45) is 35.5 Å². The lowest BCUT2D eigenvalue weighted by Gasteiger charge is -2.43. The number of ketones is 2. The van der Waals surface area contributed by atoms with Gasteiger partial charge in [-0.3, -0.25) is 14.4 Å². The third-order valence-electron chi connectivity index (χ3n) is 15.6. The van der Waals surface area contributed by atoms with Crippen molar-refractivity contribution < 1.29 is 73.1 Å². The highest BCUT2D eigenvalue weighted by Gasteiger charge is 2.53. The van der Waals surface area contributed by atoms with E-state index in [1.54, 1.807) is 34.8 Å². The molecule has 3 unspecified atom stereocenters. The molecule has 412 valence electrons. The molecular weight excluding hydrogens is 939 g/mol. The van der Waals surface area contributed by atoms with E-state index >= 15 is 0 Å². The molecule has 4 aliphatic rings. The van der Waals surface area contributed by atoms with E-state index in [1.165, 1.54) is 13.2 Å². The maximum Gasteiger partial charge on any atom is 0.329 e. The summed E-state index contributed by atoms with van der Waals surface area (Å²) in [5.41, 5.74) is 1.12. The van der Waals surface area contributed by atoms with E-state index in [4.69, 9.17) is 28.4 Å². The Balaban J connectivity index is 1.75. The van der Waals surface area contributed by atoms with E-state index in [2.05, 4.69) is 11.8 Å². The second kappa shape index (κ2) is 29.6. The molecule has 16 heteroatoms. The number of nitrogens with zero attached hydrogens (tertiary/aromatic N) is 1. The lowest BCUT2D eigenvalue weighted by Crippen LogP contribution is -2.61. The molecule has 2 bridgehead atoms. The Morgan fingerprint density at radius 1 is 0.863 bits per heavy atom. The van der Waals surface area contributed by atoms with Crippen molar-refractivity contribution in [3.63, 3.8) is 0 Å². The first kappa shape index (κ1) is 61.9. The van der Waals surface area contributed by atoms with Gasteiger partial charge in [0.2, 0.25) is 5.79 Å². The summed E-state index contributed by atoms with van der Waals surface area (Å²) >= 11 is 0. The van der Waals surface area contributed by atoms with E-state index in [0.29, 0.717) is 57.8 Å². The third-order valence-corrected chi connectivity index (χ3v) is 15.6. The highest BCUT2D eigenvalue weighted by Crippen LogP contribution is 2.39. The van der Waals surface area contributed by atoms with Gasteiger partial charge < -0.3 is 58.9 Å². The fourth-order valence-corrected chi connectivity index (χ4v) is 10.9. The number of ether oxygens (including phenoxy) is 6. The van der Waals surface area contributed by atoms with Gasteiger partial charge in [-0.1, -0.05) is 83.9 Å². The number of Topliss-reactive ketones (excluding diaryl/α,β-unsaturated/α-hetero) is 2. The quantitative estimate of drug-likeness (QED) is 0.0548. The molecule has 1 saturated carbocycles. The predicted octanol–water partition coefficient (Wildman–Crippen LogP) is 6.09. The summed E-state index contributed by atoms with van der Waals surface area (Å²) in [7, 11) is 2.96. The smallest absolute Gasteiger partial charge is 0.329 e. The van der Waals surface area contributed by atoms with Crippen LogP contribution in [0, 0.1) is 47.3 Å². The number of fused-ring (bicyclic) bond motifs is 3. The topological polar surface area (TPSA) is 228 Å². The Morgan fingerprint density at radius 3 is 2.29 bits per heavy atom. The monoisotopic (exact) mass is 1030 g/mol. The van der Waals surface area contributed by atoms with Gasteiger partial charge in [-0.2, -0.15) is 0 Å². The molecule has 3 fully saturated rings. The van der Waals surface area contributed by atoms with E-state index in [-0.39, 0.29) is 74.6 Å². The molecule has 1 aliphatic carbocycles. The molecule has 3 heterocycles. The minimum Gasteiger partial charge on any atom is -0.460 e. The van der Waals surface area contributed by atoms with Crippen LogP contribution >= 0.6 is 0 Å². The molecule has 4 rings (SSSR count). The first-order valence-corrected chi connectivity index (χ1v) is 26.8. The van der Waals surface area contributed by atoms with Crippen molar-refractivity contribution in [3.8, 4) is 11.8 Å². The van der Waals surface area contributed by atoms with Gasteiger partial charge in [0.05, 0.1) is 37.6 Å². The molecule has 5 N–H and O–H groups in total. The van der Waals surface area contributed by atoms with Gasteiger partial charge in [-0.05, 0) is 107 Å². The van der Waals surface area contributed by atoms with Crippen LogP contribution in [0.25, 0.3) is 0 Å². The maximum atomic E-state index is 14.6. The molecule has 0 aromatic rings. The van der Waals surface area contributed by atoms with Crippen LogP contribution in [0.15, 0.2) is 47.6 Å². The largest absolute Gasteiger partial charge is 0.460 e. The van der Waals surface area contributed by atoms with Crippen molar-refractivity contribution in [2.75, 3.05) is 40.6 Å². The zero-order chi connectivity index (χ0) is 54.0. The van der Waals surface area contributed by atoms with Gasteiger partial charge in [-0.25, -0.2) is 4.79 Å². The number of rotatable bonds is 10. The van der Waals surface area contributed by atoms with Crippen LogP contribution in [0.4, 0.5) is 0 Å². The summed E-state index contributed by atoms with van der Waals surface area (Å²) in [5.74, 6) is -5.12. The number of hydrogen-bond donors (Lipinski definition) is 5. The molecule has 16 nitrogen and oxygen atoms in total. The number of aliphatic hydroxyl groups is 5.